The van der Waals surface area contributed by atoms with Crippen molar-refractivity contribution >= 4 is 49.4 Å². The topological polar surface area (TPSA) is 3.24 Å². The van der Waals surface area contributed by atoms with Crippen molar-refractivity contribution in [3.05, 3.63) is 249 Å². The zero-order valence-corrected chi connectivity index (χ0v) is 33.3. The first-order valence-electron chi connectivity index (χ1n) is 22.7. The minimum absolute atomic E-state index is 0.100. The number of hydrogen-bond donors (Lipinski definition) is 0. The first-order chi connectivity index (χ1) is 31.9. The quantitative estimate of drug-likeness (QED) is 0.139. The lowest BCUT2D eigenvalue weighted by Gasteiger charge is -2.26. The van der Waals surface area contributed by atoms with E-state index in [1.54, 1.807) is 0 Å². The van der Waals surface area contributed by atoms with E-state index in [2.05, 4.69) is 140 Å². The SMILES string of the molecule is [2H]c1c([2H])c(N(c2ccc(-c3ccc(-c4ccccc4)cc3)cc2)c2ccc(-c3ccc4c(ccc5ccccc54)c3)cc2)c([2H])c([2H])c1-c1cccc(-c2cccc3ccccc23)c1. The fourth-order valence-electron chi connectivity index (χ4n) is 8.57. The average molecular weight is 780 g/mol. The maximum Gasteiger partial charge on any atom is 0.0645 e. The molecule has 11 aromatic rings. The molecule has 61 heavy (non-hydrogen) atoms. The van der Waals surface area contributed by atoms with E-state index in [0.29, 0.717) is 16.9 Å². The van der Waals surface area contributed by atoms with E-state index >= 15 is 0 Å². The van der Waals surface area contributed by atoms with Crippen LogP contribution in [0.1, 0.15) is 5.48 Å². The summed E-state index contributed by atoms with van der Waals surface area (Å²) in [5.41, 5.74) is 11.0. The Labute approximate surface area is 362 Å². The third kappa shape index (κ3) is 7.03. The van der Waals surface area contributed by atoms with Gasteiger partial charge in [-0.1, -0.05) is 200 Å². The van der Waals surface area contributed by atoms with E-state index in [4.69, 9.17) is 0 Å². The largest absolute Gasteiger partial charge is 0.311 e. The molecule has 1 nitrogen and oxygen atoms in total. The minimum atomic E-state index is -0.122. The molecule has 0 atom stereocenters. The Morgan fingerprint density at radius 1 is 0.246 bits per heavy atom. The standard InChI is InChI=1S/C60H41N/c1-2-10-42(11-3-1)43-20-22-44(23-21-43)45-26-33-54(34-27-45)61(56-37-30-47(31-38-56)51-32-39-60-53(41-51)25-24-49-13-5-7-18-58(49)60)55-35-28-46(29-36-55)50-15-8-16-52(40-50)59-19-9-14-48-12-4-6-17-57(48)59/h1-41H/i28D,29D,35D,36D. The van der Waals surface area contributed by atoms with Crippen molar-refractivity contribution in [2.24, 2.45) is 0 Å². The molecule has 0 aromatic heterocycles. The molecule has 286 valence electrons. The molecule has 0 N–H and O–H groups in total. The van der Waals surface area contributed by atoms with Crippen molar-refractivity contribution in [2.45, 2.75) is 0 Å². The maximum atomic E-state index is 9.62. The Kier molecular flexibility index (Phi) is 8.18. The first kappa shape index (κ1) is 31.9. The van der Waals surface area contributed by atoms with Gasteiger partial charge < -0.3 is 4.90 Å². The zero-order valence-electron chi connectivity index (χ0n) is 37.3. The van der Waals surface area contributed by atoms with Gasteiger partial charge in [-0.25, -0.2) is 0 Å². The molecule has 11 rings (SSSR count). The fourth-order valence-corrected chi connectivity index (χ4v) is 8.57. The Bertz CT molecular complexity index is 3530. The normalized spacial score (nSPS) is 12.2. The third-order valence-corrected chi connectivity index (χ3v) is 11.7. The van der Waals surface area contributed by atoms with Crippen molar-refractivity contribution < 1.29 is 5.48 Å². The van der Waals surface area contributed by atoms with Gasteiger partial charge in [0.2, 0.25) is 0 Å². The highest BCUT2D eigenvalue weighted by atomic mass is 15.1. The van der Waals surface area contributed by atoms with Crippen LogP contribution < -0.4 is 4.90 Å². The Morgan fingerprint density at radius 3 is 1.38 bits per heavy atom. The summed E-state index contributed by atoms with van der Waals surface area (Å²) in [4.78, 5) is 1.86. The van der Waals surface area contributed by atoms with Crippen molar-refractivity contribution in [2.75, 3.05) is 4.90 Å². The molecule has 11 aromatic carbocycles. The summed E-state index contributed by atoms with van der Waals surface area (Å²) >= 11 is 0. The van der Waals surface area contributed by atoms with Gasteiger partial charge in [0, 0.05) is 17.1 Å². The van der Waals surface area contributed by atoms with Crippen LogP contribution >= 0.6 is 0 Å². The van der Waals surface area contributed by atoms with E-state index in [0.717, 1.165) is 60.7 Å². The van der Waals surface area contributed by atoms with Crippen LogP contribution in [0.15, 0.2) is 249 Å². The Hall–Kier alpha value is -8.00. The van der Waals surface area contributed by atoms with Crippen LogP contribution in [-0.4, -0.2) is 0 Å². The third-order valence-electron chi connectivity index (χ3n) is 11.7. The molecule has 0 saturated carbocycles. The summed E-state index contributed by atoms with van der Waals surface area (Å²) in [6.45, 7) is 0. The van der Waals surface area contributed by atoms with Gasteiger partial charge in [0.15, 0.2) is 0 Å². The molecule has 1 heteroatoms. The van der Waals surface area contributed by atoms with E-state index in [9.17, 15) is 5.48 Å². The fraction of sp³-hybridized carbons (Fsp3) is 0. The zero-order chi connectivity index (χ0) is 44.0. The maximum absolute atomic E-state index is 9.62. The van der Waals surface area contributed by atoms with Crippen molar-refractivity contribution in [3.63, 3.8) is 0 Å². The molecule has 0 radical (unpaired) electrons. The summed E-state index contributed by atoms with van der Waals surface area (Å²) in [6, 6.07) is 76.2. The van der Waals surface area contributed by atoms with Crippen LogP contribution in [-0.2, 0) is 0 Å². The summed E-state index contributed by atoms with van der Waals surface area (Å²) in [5.74, 6) is 0. The van der Waals surface area contributed by atoms with Crippen molar-refractivity contribution in [1.82, 2.24) is 0 Å². The molecule has 0 saturated heterocycles. The molecule has 0 bridgehead atoms. The molecule has 0 amide bonds. The van der Waals surface area contributed by atoms with Crippen LogP contribution in [0.4, 0.5) is 17.1 Å². The number of fused-ring (bicyclic) bond motifs is 4. The lowest BCUT2D eigenvalue weighted by molar-refractivity contribution is 1.28. The number of rotatable bonds is 8. The molecule has 0 spiro atoms. The molecule has 0 heterocycles. The number of nitrogens with zero attached hydrogens (tertiary/aromatic N) is 1. The molecule has 0 fully saturated rings. The number of hydrogen-bond acceptors (Lipinski definition) is 1. The van der Waals surface area contributed by atoms with Crippen LogP contribution in [0, 0.1) is 0 Å². The second-order valence-electron chi connectivity index (χ2n) is 15.4. The van der Waals surface area contributed by atoms with Crippen LogP contribution in [0.2, 0.25) is 0 Å². The van der Waals surface area contributed by atoms with Gasteiger partial charge >= 0.3 is 0 Å². The van der Waals surface area contributed by atoms with Crippen LogP contribution in [0.25, 0.3) is 88.0 Å². The summed E-state index contributed by atoms with van der Waals surface area (Å²) < 4.78 is 38.3. The van der Waals surface area contributed by atoms with Crippen molar-refractivity contribution in [1.29, 1.82) is 0 Å². The molecule has 0 aliphatic carbocycles. The molecular weight excluding hydrogens is 735 g/mol. The number of benzene rings is 11. The van der Waals surface area contributed by atoms with Gasteiger partial charge in [-0.05, 0) is 136 Å². The average Bonchev–Trinajstić information content (AvgIpc) is 3.37. The lowest BCUT2D eigenvalue weighted by Crippen LogP contribution is -2.09. The highest BCUT2D eigenvalue weighted by Gasteiger charge is 2.15. The predicted octanol–water partition coefficient (Wildman–Crippen LogP) is 17.0. The smallest absolute Gasteiger partial charge is 0.0645 e. The Balaban J connectivity index is 1.00. The van der Waals surface area contributed by atoms with Gasteiger partial charge in [0.25, 0.3) is 0 Å². The van der Waals surface area contributed by atoms with E-state index < -0.39 is 0 Å². The molecular formula is C60H41N. The van der Waals surface area contributed by atoms with Gasteiger partial charge in [-0.15, -0.1) is 0 Å². The summed E-state index contributed by atoms with van der Waals surface area (Å²) in [6.07, 6.45) is 0. The van der Waals surface area contributed by atoms with E-state index in [1.165, 1.54) is 16.2 Å². The highest BCUT2D eigenvalue weighted by molar-refractivity contribution is 6.08. The van der Waals surface area contributed by atoms with Crippen molar-refractivity contribution in [3.8, 4) is 55.6 Å². The highest BCUT2D eigenvalue weighted by Crippen LogP contribution is 2.39. The summed E-state index contributed by atoms with van der Waals surface area (Å²) in [7, 11) is 0. The second-order valence-corrected chi connectivity index (χ2v) is 15.4. The first-order valence-corrected chi connectivity index (χ1v) is 20.7. The Morgan fingerprint density at radius 2 is 0.689 bits per heavy atom. The van der Waals surface area contributed by atoms with Gasteiger partial charge in [-0.3, -0.25) is 0 Å². The monoisotopic (exact) mass is 779 g/mol. The minimum Gasteiger partial charge on any atom is -0.311 e. The van der Waals surface area contributed by atoms with E-state index in [1.807, 2.05) is 89.8 Å². The van der Waals surface area contributed by atoms with E-state index in [-0.39, 0.29) is 35.4 Å². The van der Waals surface area contributed by atoms with Gasteiger partial charge in [-0.2, -0.15) is 0 Å². The van der Waals surface area contributed by atoms with Gasteiger partial charge in [0.1, 0.15) is 0 Å². The number of anilines is 3. The van der Waals surface area contributed by atoms with Gasteiger partial charge in [0.05, 0.1) is 5.48 Å². The van der Waals surface area contributed by atoms with Crippen LogP contribution in [0.3, 0.4) is 0 Å². The summed E-state index contributed by atoms with van der Waals surface area (Å²) in [5, 5.41) is 7.03. The molecule has 0 aliphatic rings. The molecule has 0 unspecified atom stereocenters. The lowest BCUT2D eigenvalue weighted by atomic mass is 9.95. The molecule has 0 aliphatic heterocycles. The predicted molar refractivity (Wildman–Crippen MR) is 261 cm³/mol. The second kappa shape index (κ2) is 15.6. The van der Waals surface area contributed by atoms with Crippen LogP contribution in [0.5, 0.6) is 0 Å².